The zero-order valence-corrected chi connectivity index (χ0v) is 15.8. The van der Waals surface area contributed by atoms with E-state index in [0.717, 1.165) is 19.3 Å². The van der Waals surface area contributed by atoms with Crippen molar-refractivity contribution < 1.29 is 9.53 Å². The van der Waals surface area contributed by atoms with E-state index >= 15 is 0 Å². The quantitative estimate of drug-likeness (QED) is 0.403. The summed E-state index contributed by atoms with van der Waals surface area (Å²) in [7, 11) is -1.64. The van der Waals surface area contributed by atoms with Gasteiger partial charge in [-0.3, -0.25) is 0 Å². The number of hydrogen-bond acceptors (Lipinski definition) is 2. The summed E-state index contributed by atoms with van der Waals surface area (Å²) >= 11 is 0. The highest BCUT2D eigenvalue weighted by Crippen LogP contribution is 2.36. The largest absolute Gasteiger partial charge is 0.417 e. The Morgan fingerprint density at radius 3 is 2.05 bits per heavy atom. The second-order valence-electron chi connectivity index (χ2n) is 7.61. The van der Waals surface area contributed by atoms with Crippen molar-refractivity contribution in [1.82, 2.24) is 0 Å². The second-order valence-corrected chi connectivity index (χ2v) is 12.4. The molecule has 122 valence electrons. The van der Waals surface area contributed by atoms with Crippen molar-refractivity contribution in [2.75, 3.05) is 6.61 Å². The highest BCUT2D eigenvalue weighted by atomic mass is 28.4. The molecule has 1 N–H and O–H groups in total. The van der Waals surface area contributed by atoms with E-state index in [1.807, 2.05) is 0 Å². The molecule has 0 saturated heterocycles. The lowest BCUT2D eigenvalue weighted by Gasteiger charge is -2.36. The summed E-state index contributed by atoms with van der Waals surface area (Å²) in [6.45, 7) is 14.3. The average molecular weight is 303 g/mol. The van der Waals surface area contributed by atoms with E-state index in [1.165, 1.54) is 32.1 Å². The molecule has 0 aliphatic carbocycles. The van der Waals surface area contributed by atoms with Crippen molar-refractivity contribution in [3.63, 3.8) is 0 Å². The highest BCUT2D eigenvalue weighted by molar-refractivity contribution is 6.74. The number of hydrogen-bond donors (Lipinski definition) is 1. The molecule has 0 unspecified atom stereocenters. The first-order valence-electron chi connectivity index (χ1n) is 8.52. The van der Waals surface area contributed by atoms with E-state index in [9.17, 15) is 5.11 Å². The van der Waals surface area contributed by atoms with Gasteiger partial charge < -0.3 is 9.53 Å². The Bertz CT molecular complexity index is 234. The maximum absolute atomic E-state index is 9.99. The van der Waals surface area contributed by atoms with Crippen molar-refractivity contribution in [2.45, 2.75) is 103 Å². The van der Waals surface area contributed by atoms with Gasteiger partial charge in [0.2, 0.25) is 0 Å². The number of aliphatic hydroxyl groups is 1. The smallest absolute Gasteiger partial charge is 0.191 e. The lowest BCUT2D eigenvalue weighted by atomic mass is 10.1. The van der Waals surface area contributed by atoms with E-state index in [1.54, 1.807) is 0 Å². The molecule has 0 aliphatic rings. The summed E-state index contributed by atoms with van der Waals surface area (Å²) in [6, 6.07) is 0. The predicted octanol–water partition coefficient (Wildman–Crippen LogP) is 5.51. The second kappa shape index (κ2) is 9.96. The third-order valence-corrected chi connectivity index (χ3v) is 9.15. The average Bonchev–Trinajstić information content (AvgIpc) is 2.32. The fraction of sp³-hybridized carbons (Fsp3) is 1.00. The van der Waals surface area contributed by atoms with Crippen LogP contribution in [0.1, 0.15) is 79.1 Å². The normalized spacial score (nSPS) is 14.6. The number of aliphatic hydroxyl groups excluding tert-OH is 1. The Kier molecular flexibility index (Phi) is 10.0. The maximum Gasteiger partial charge on any atom is 0.191 e. The zero-order chi connectivity index (χ0) is 15.6. The van der Waals surface area contributed by atoms with Gasteiger partial charge in [-0.05, 0) is 31.0 Å². The molecule has 0 aromatic heterocycles. The molecule has 2 nitrogen and oxygen atoms in total. The third-order valence-electron chi connectivity index (χ3n) is 4.61. The van der Waals surface area contributed by atoms with Crippen LogP contribution in [0.3, 0.4) is 0 Å². The monoisotopic (exact) mass is 302 g/mol. The van der Waals surface area contributed by atoms with Gasteiger partial charge in [0, 0.05) is 6.61 Å². The summed E-state index contributed by atoms with van der Waals surface area (Å²) in [5, 5.41) is 10.2. The van der Waals surface area contributed by atoms with Gasteiger partial charge in [-0.1, -0.05) is 66.2 Å². The summed E-state index contributed by atoms with van der Waals surface area (Å²) in [5.41, 5.74) is 0. The first-order valence-corrected chi connectivity index (χ1v) is 11.4. The van der Waals surface area contributed by atoms with Crippen LogP contribution in [0.5, 0.6) is 0 Å². The Hall–Kier alpha value is 0.137. The molecule has 0 aromatic carbocycles. The van der Waals surface area contributed by atoms with E-state index in [-0.39, 0.29) is 11.1 Å². The molecule has 3 heteroatoms. The van der Waals surface area contributed by atoms with Gasteiger partial charge in [-0.2, -0.15) is 0 Å². The van der Waals surface area contributed by atoms with Crippen LogP contribution < -0.4 is 0 Å². The minimum atomic E-state index is -1.64. The Labute approximate surface area is 128 Å². The molecule has 0 rings (SSSR count). The van der Waals surface area contributed by atoms with Gasteiger partial charge in [0.15, 0.2) is 8.32 Å². The van der Waals surface area contributed by atoms with Crippen LogP contribution in [0.4, 0.5) is 0 Å². The zero-order valence-electron chi connectivity index (χ0n) is 14.8. The molecule has 0 aromatic rings. The van der Waals surface area contributed by atoms with Crippen LogP contribution >= 0.6 is 0 Å². The van der Waals surface area contributed by atoms with Gasteiger partial charge in [-0.15, -0.1) is 0 Å². The van der Waals surface area contributed by atoms with Crippen molar-refractivity contribution in [3.8, 4) is 0 Å². The summed E-state index contributed by atoms with van der Waals surface area (Å²) in [6.07, 6.45) is 9.30. The first kappa shape index (κ1) is 20.1. The summed E-state index contributed by atoms with van der Waals surface area (Å²) in [4.78, 5) is 0. The molecule has 0 fully saturated rings. The fourth-order valence-electron chi connectivity index (χ4n) is 1.97. The Morgan fingerprint density at radius 1 is 0.950 bits per heavy atom. The van der Waals surface area contributed by atoms with Crippen LogP contribution in [-0.2, 0) is 4.43 Å². The third kappa shape index (κ3) is 9.14. The van der Waals surface area contributed by atoms with Crippen LogP contribution in [0.25, 0.3) is 0 Å². The van der Waals surface area contributed by atoms with Crippen molar-refractivity contribution in [3.05, 3.63) is 0 Å². The van der Waals surface area contributed by atoms with Crippen LogP contribution in [-0.4, -0.2) is 26.1 Å². The number of unbranched alkanes of at least 4 members (excludes halogenated alkanes) is 5. The van der Waals surface area contributed by atoms with Gasteiger partial charge >= 0.3 is 0 Å². The van der Waals surface area contributed by atoms with Crippen LogP contribution in [0.2, 0.25) is 18.1 Å². The molecule has 0 heterocycles. The van der Waals surface area contributed by atoms with E-state index < -0.39 is 8.32 Å². The summed E-state index contributed by atoms with van der Waals surface area (Å²) < 4.78 is 6.10. The van der Waals surface area contributed by atoms with Crippen LogP contribution in [0, 0.1) is 0 Å². The SMILES string of the molecule is CCCCCCCC[C@@H](O)CCO[Si](C)(C)C(C)(C)C. The van der Waals surface area contributed by atoms with Crippen molar-refractivity contribution in [2.24, 2.45) is 0 Å². The van der Waals surface area contributed by atoms with Gasteiger partial charge in [0.1, 0.15) is 0 Å². The Balaban J connectivity index is 3.61. The Morgan fingerprint density at radius 2 is 1.50 bits per heavy atom. The van der Waals surface area contributed by atoms with Crippen molar-refractivity contribution in [1.29, 1.82) is 0 Å². The number of rotatable bonds is 11. The van der Waals surface area contributed by atoms with Gasteiger partial charge in [0.25, 0.3) is 0 Å². The molecule has 0 amide bonds. The summed E-state index contributed by atoms with van der Waals surface area (Å²) in [5.74, 6) is 0. The predicted molar refractivity (Wildman–Crippen MR) is 91.8 cm³/mol. The van der Waals surface area contributed by atoms with E-state index in [2.05, 4.69) is 40.8 Å². The molecular formula is C17H38O2Si. The lowest BCUT2D eigenvalue weighted by Crippen LogP contribution is -2.41. The van der Waals surface area contributed by atoms with E-state index in [4.69, 9.17) is 4.43 Å². The minimum absolute atomic E-state index is 0.175. The topological polar surface area (TPSA) is 29.5 Å². The molecule has 1 atom stereocenters. The fourth-order valence-corrected chi connectivity index (χ4v) is 3.03. The molecule has 0 aliphatic heterocycles. The maximum atomic E-state index is 9.99. The first-order chi connectivity index (χ1) is 9.20. The molecule has 0 spiro atoms. The van der Waals surface area contributed by atoms with Gasteiger partial charge in [0.05, 0.1) is 6.10 Å². The highest BCUT2D eigenvalue weighted by Gasteiger charge is 2.36. The molecule has 0 saturated carbocycles. The lowest BCUT2D eigenvalue weighted by molar-refractivity contribution is 0.124. The molecular weight excluding hydrogens is 264 g/mol. The molecule has 0 bridgehead atoms. The minimum Gasteiger partial charge on any atom is -0.417 e. The van der Waals surface area contributed by atoms with E-state index in [0.29, 0.717) is 6.61 Å². The van der Waals surface area contributed by atoms with Crippen molar-refractivity contribution >= 4 is 8.32 Å². The molecule has 0 radical (unpaired) electrons. The van der Waals surface area contributed by atoms with Crippen LogP contribution in [0.15, 0.2) is 0 Å². The van der Waals surface area contributed by atoms with Gasteiger partial charge in [-0.25, -0.2) is 0 Å². The molecule has 20 heavy (non-hydrogen) atoms. The standard InChI is InChI=1S/C17H38O2Si/c1-7-8-9-10-11-12-13-16(18)14-15-19-20(5,6)17(2,3)4/h16,18H,7-15H2,1-6H3/t16-/m1/s1.